The van der Waals surface area contributed by atoms with Crippen molar-refractivity contribution in [3.8, 4) is 11.5 Å². The van der Waals surface area contributed by atoms with E-state index in [2.05, 4.69) is 10.6 Å². The molecule has 1 aliphatic heterocycles. The standard InChI is InChI=1S/C41H42N2O14/c1-16-6-8-19(9-7-16)14-42-38(53)27-17(2)10-20-11-26(46)41(56-5)37(52)29-22(36(51)40(41,54)30(20)34(27)50)12-21-28(33(29)49)25(45)13-24(31(21)47)43-39-23(15-44)32(48)35(55-4)18(3)57-39/h6-10,12-13,18,23,26,32,35,39,43-44,46,48-50,54H,11,14-15H2,1-5H3,(H,42,53)/t18-,23+,26+,32-,35-,39-,40-,41+/m0/s1. The molecular weight excluding hydrogens is 744 g/mol. The highest BCUT2D eigenvalue weighted by molar-refractivity contribution is 6.31. The number of hydrogen-bond donors (Lipinski definition) is 8. The van der Waals surface area contributed by atoms with E-state index in [1.165, 1.54) is 20.1 Å². The third-order valence-corrected chi connectivity index (χ3v) is 11.7. The van der Waals surface area contributed by atoms with Gasteiger partial charge in [0.15, 0.2) is 17.0 Å². The van der Waals surface area contributed by atoms with Crippen LogP contribution in [0.4, 0.5) is 0 Å². The van der Waals surface area contributed by atoms with Crippen molar-refractivity contribution >= 4 is 29.0 Å². The van der Waals surface area contributed by atoms with Gasteiger partial charge in [0, 0.05) is 50.0 Å². The number of allylic oxidation sites excluding steroid dienone is 2. The smallest absolute Gasteiger partial charge is 0.255 e. The SMILES string of the molecule is CO[C@@H]1[C@@H](O)[C@@H](CO)[C@@H](NC2=CC(=O)c3c(cc4c(c3O)C(=O)[C@]3(OC)[C@H](O)Cc5cc(C)c(C(=O)NCc6ccc(C)cc6)c(O)c5[C@]3(O)C4=O)C2=O)O[C@H]1C. The second kappa shape index (κ2) is 14.2. The number of benzene rings is 3. The Morgan fingerprint density at radius 3 is 2.28 bits per heavy atom. The molecule has 3 aromatic rings. The van der Waals surface area contributed by atoms with Gasteiger partial charge >= 0.3 is 0 Å². The summed E-state index contributed by atoms with van der Waals surface area (Å²) in [6, 6.07) is 9.54. The monoisotopic (exact) mass is 786 g/mol. The number of phenolic OH excluding ortho intramolecular Hbond substituents is 2. The summed E-state index contributed by atoms with van der Waals surface area (Å²) < 4.78 is 16.7. The maximum atomic E-state index is 14.9. The minimum atomic E-state index is -3.25. The first-order valence-corrected chi connectivity index (χ1v) is 18.2. The van der Waals surface area contributed by atoms with Gasteiger partial charge in [0.1, 0.15) is 23.8 Å². The lowest BCUT2D eigenvalue weighted by Crippen LogP contribution is -2.73. The van der Waals surface area contributed by atoms with Crippen molar-refractivity contribution in [2.75, 3.05) is 20.8 Å². The molecule has 0 spiro atoms. The number of ketones is 4. The number of Topliss-reactive ketones (excluding diaryl/α,β-unsaturated/α-hetero) is 3. The molecule has 1 heterocycles. The van der Waals surface area contributed by atoms with Crippen LogP contribution in [0.25, 0.3) is 0 Å². The second-order valence-electron chi connectivity index (χ2n) is 14.9. The molecule has 1 saturated heterocycles. The Bertz CT molecular complexity index is 2290. The zero-order valence-electron chi connectivity index (χ0n) is 31.6. The predicted molar refractivity (Wildman–Crippen MR) is 197 cm³/mol. The molecule has 0 bridgehead atoms. The fraction of sp³-hybridized carbons (Fsp3) is 0.390. The minimum Gasteiger partial charge on any atom is -0.507 e. The number of nitrogens with one attached hydrogen (secondary N) is 2. The molecule has 300 valence electrons. The third kappa shape index (κ3) is 5.66. The molecule has 16 heteroatoms. The van der Waals surface area contributed by atoms with E-state index in [9.17, 15) is 54.6 Å². The molecule has 0 saturated carbocycles. The topological polar surface area (TPSA) is 258 Å². The van der Waals surface area contributed by atoms with E-state index in [-0.39, 0.29) is 23.2 Å². The van der Waals surface area contributed by atoms with E-state index in [0.717, 1.165) is 30.4 Å². The highest BCUT2D eigenvalue weighted by Crippen LogP contribution is 2.56. The lowest BCUT2D eigenvalue weighted by Gasteiger charge is -2.53. The van der Waals surface area contributed by atoms with Crippen molar-refractivity contribution < 1.29 is 68.8 Å². The summed E-state index contributed by atoms with van der Waals surface area (Å²) in [5.41, 5.74) is -8.32. The van der Waals surface area contributed by atoms with Gasteiger partial charge in [-0.25, -0.2) is 0 Å². The van der Waals surface area contributed by atoms with Crippen molar-refractivity contribution in [2.24, 2.45) is 5.92 Å². The van der Waals surface area contributed by atoms with Crippen molar-refractivity contribution in [3.63, 3.8) is 0 Å². The number of phenols is 2. The predicted octanol–water partition coefficient (Wildman–Crippen LogP) is 0.795. The molecular formula is C41H42N2O14. The summed E-state index contributed by atoms with van der Waals surface area (Å²) in [6.07, 6.45) is -5.64. The average molecular weight is 787 g/mol. The number of amides is 1. The number of hydrogen-bond acceptors (Lipinski definition) is 15. The fourth-order valence-electron chi connectivity index (χ4n) is 8.80. The summed E-state index contributed by atoms with van der Waals surface area (Å²) in [7, 11) is 2.28. The van der Waals surface area contributed by atoms with Crippen LogP contribution in [0.15, 0.2) is 48.2 Å². The highest BCUT2D eigenvalue weighted by Gasteiger charge is 2.72. The summed E-state index contributed by atoms with van der Waals surface area (Å²) in [4.78, 5) is 70.8. The van der Waals surface area contributed by atoms with E-state index < -0.39 is 135 Å². The first-order chi connectivity index (χ1) is 27.0. The number of carbonyl (C=O) groups excluding carboxylic acids is 5. The zero-order chi connectivity index (χ0) is 41.5. The molecule has 57 heavy (non-hydrogen) atoms. The Kier molecular flexibility index (Phi) is 9.97. The van der Waals surface area contributed by atoms with Gasteiger partial charge in [-0.15, -0.1) is 0 Å². The van der Waals surface area contributed by atoms with Crippen LogP contribution in [0.1, 0.15) is 86.5 Å². The Hall–Kier alpha value is -5.33. The van der Waals surface area contributed by atoms with Gasteiger partial charge in [-0.3, -0.25) is 24.0 Å². The third-order valence-electron chi connectivity index (χ3n) is 11.7. The van der Waals surface area contributed by atoms with Crippen LogP contribution in [-0.2, 0) is 32.8 Å². The molecule has 3 aliphatic carbocycles. The number of aromatic hydroxyl groups is 2. The van der Waals surface area contributed by atoms with E-state index >= 15 is 0 Å². The van der Waals surface area contributed by atoms with Crippen molar-refractivity contribution in [1.82, 2.24) is 10.6 Å². The Morgan fingerprint density at radius 1 is 0.965 bits per heavy atom. The van der Waals surface area contributed by atoms with Gasteiger partial charge in [0.2, 0.25) is 17.3 Å². The minimum absolute atomic E-state index is 0.00765. The molecule has 16 nitrogen and oxygen atoms in total. The normalized spacial score (nSPS) is 29.2. The van der Waals surface area contributed by atoms with Gasteiger partial charge in [0.25, 0.3) is 5.91 Å². The Labute approximate surface area is 325 Å². The summed E-state index contributed by atoms with van der Waals surface area (Å²) in [5, 5.41) is 74.1. The molecule has 0 unspecified atom stereocenters. The molecule has 0 aromatic heterocycles. The number of ether oxygens (including phenoxy) is 3. The number of methoxy groups -OCH3 is 2. The number of aliphatic hydroxyl groups is 4. The number of aryl methyl sites for hydroxylation is 2. The van der Waals surface area contributed by atoms with Gasteiger partial charge in [0.05, 0.1) is 53.2 Å². The van der Waals surface area contributed by atoms with Crippen LogP contribution in [0.5, 0.6) is 11.5 Å². The van der Waals surface area contributed by atoms with Crippen LogP contribution in [0.2, 0.25) is 0 Å². The van der Waals surface area contributed by atoms with E-state index in [0.29, 0.717) is 0 Å². The van der Waals surface area contributed by atoms with Gasteiger partial charge < -0.3 is 55.5 Å². The van der Waals surface area contributed by atoms with E-state index in [1.807, 2.05) is 19.1 Å². The van der Waals surface area contributed by atoms with Gasteiger partial charge in [-0.05, 0) is 43.5 Å². The van der Waals surface area contributed by atoms with Crippen molar-refractivity contribution in [2.45, 2.75) is 75.6 Å². The summed E-state index contributed by atoms with van der Waals surface area (Å²) in [5.74, 6) is -8.46. The first kappa shape index (κ1) is 39.9. The number of carbonyl (C=O) groups is 5. The maximum Gasteiger partial charge on any atom is 0.255 e. The number of rotatable bonds is 8. The Morgan fingerprint density at radius 2 is 1.65 bits per heavy atom. The van der Waals surface area contributed by atoms with Crippen molar-refractivity contribution in [1.29, 1.82) is 0 Å². The van der Waals surface area contributed by atoms with Gasteiger partial charge in [-0.1, -0.05) is 35.9 Å². The first-order valence-electron chi connectivity index (χ1n) is 18.2. The lowest BCUT2D eigenvalue weighted by atomic mass is 9.56. The van der Waals surface area contributed by atoms with Crippen LogP contribution in [0.3, 0.4) is 0 Å². The highest BCUT2D eigenvalue weighted by atomic mass is 16.6. The molecule has 1 amide bonds. The van der Waals surface area contributed by atoms with Crippen LogP contribution >= 0.6 is 0 Å². The van der Waals surface area contributed by atoms with E-state index in [1.54, 1.807) is 19.1 Å². The van der Waals surface area contributed by atoms with Crippen molar-refractivity contribution in [3.05, 3.63) is 104 Å². The number of aliphatic hydroxyl groups excluding tert-OH is 3. The molecule has 8 N–H and O–H groups in total. The molecule has 4 aliphatic rings. The quantitative estimate of drug-likeness (QED) is 0.157. The molecule has 1 fully saturated rings. The second-order valence-corrected chi connectivity index (χ2v) is 14.9. The zero-order valence-corrected chi connectivity index (χ0v) is 31.6. The lowest BCUT2D eigenvalue weighted by molar-refractivity contribution is -0.214. The van der Waals surface area contributed by atoms with E-state index in [4.69, 9.17) is 14.2 Å². The molecule has 7 rings (SSSR count). The summed E-state index contributed by atoms with van der Waals surface area (Å²) >= 11 is 0. The van der Waals surface area contributed by atoms with Crippen LogP contribution in [0, 0.1) is 19.8 Å². The van der Waals surface area contributed by atoms with Gasteiger partial charge in [-0.2, -0.15) is 0 Å². The van der Waals surface area contributed by atoms with Crippen LogP contribution in [-0.4, -0.2) is 117 Å². The maximum absolute atomic E-state index is 14.9. The van der Waals surface area contributed by atoms with Crippen LogP contribution < -0.4 is 10.6 Å². The molecule has 8 atom stereocenters. The Balaban J connectivity index is 1.32. The fourth-order valence-corrected chi connectivity index (χ4v) is 8.80. The number of fused-ring (bicyclic) bond motifs is 5. The molecule has 0 radical (unpaired) electrons. The summed E-state index contributed by atoms with van der Waals surface area (Å²) in [6.45, 7) is 4.43. The average Bonchev–Trinajstić information content (AvgIpc) is 3.15. The molecule has 3 aromatic carbocycles. The largest absolute Gasteiger partial charge is 0.507 e.